The molecule has 0 aromatic carbocycles. The first-order valence-corrected chi connectivity index (χ1v) is 7.78. The normalized spacial score (nSPS) is 18.6. The number of morpholine rings is 1. The number of ether oxygens (including phenoxy) is 1. The van der Waals surface area contributed by atoms with E-state index in [1.807, 2.05) is 25.3 Å². The molecule has 22 heavy (non-hydrogen) atoms. The van der Waals surface area contributed by atoms with Crippen molar-refractivity contribution in [3.63, 3.8) is 0 Å². The van der Waals surface area contributed by atoms with Crippen LogP contribution < -0.4 is 10.2 Å². The number of aryl methyl sites for hydroxylation is 1. The molecule has 2 aromatic heterocycles. The van der Waals surface area contributed by atoms with Crippen LogP contribution in [0.4, 0.5) is 5.82 Å². The van der Waals surface area contributed by atoms with Gasteiger partial charge in [0.05, 0.1) is 19.3 Å². The van der Waals surface area contributed by atoms with Crippen LogP contribution in [0.2, 0.25) is 0 Å². The molecule has 5 heteroatoms. The van der Waals surface area contributed by atoms with Gasteiger partial charge in [-0.15, -0.1) is 0 Å². The highest BCUT2D eigenvalue weighted by atomic mass is 16.5. The van der Waals surface area contributed by atoms with Crippen molar-refractivity contribution in [3.05, 3.63) is 47.5 Å². The predicted octanol–water partition coefficient (Wildman–Crippen LogP) is 2.50. The van der Waals surface area contributed by atoms with E-state index in [0.717, 1.165) is 50.1 Å². The van der Waals surface area contributed by atoms with E-state index in [2.05, 4.69) is 34.3 Å². The summed E-state index contributed by atoms with van der Waals surface area (Å²) in [6.45, 7) is 8.16. The van der Waals surface area contributed by atoms with Crippen LogP contribution >= 0.6 is 0 Å². The fraction of sp³-hybridized carbons (Fsp3) is 0.471. The fourth-order valence-electron chi connectivity index (χ4n) is 2.64. The number of pyridine rings is 1. The van der Waals surface area contributed by atoms with E-state index in [-0.39, 0.29) is 6.10 Å². The molecular weight excluding hydrogens is 278 g/mol. The number of nitrogens with zero attached hydrogens (tertiary/aromatic N) is 2. The smallest absolute Gasteiger partial charge is 0.128 e. The lowest BCUT2D eigenvalue weighted by Gasteiger charge is -2.32. The number of nitrogens with one attached hydrogen (secondary N) is 1. The highest BCUT2D eigenvalue weighted by molar-refractivity contribution is 5.39. The Hall–Kier alpha value is -1.85. The number of anilines is 1. The third-order valence-corrected chi connectivity index (χ3v) is 3.80. The second-order valence-electron chi connectivity index (χ2n) is 5.77. The molecule has 0 spiro atoms. The maximum absolute atomic E-state index is 5.56. The topological polar surface area (TPSA) is 50.5 Å². The van der Waals surface area contributed by atoms with Gasteiger partial charge in [0.25, 0.3) is 0 Å². The number of rotatable bonds is 5. The van der Waals surface area contributed by atoms with E-state index in [9.17, 15) is 0 Å². The van der Waals surface area contributed by atoms with E-state index in [1.54, 1.807) is 0 Å². The molecule has 0 amide bonds. The zero-order valence-electron chi connectivity index (χ0n) is 13.2. The van der Waals surface area contributed by atoms with E-state index in [0.29, 0.717) is 0 Å². The first-order valence-electron chi connectivity index (χ1n) is 7.78. The molecule has 0 saturated carbocycles. The van der Waals surface area contributed by atoms with Crippen molar-refractivity contribution in [2.45, 2.75) is 33.0 Å². The summed E-state index contributed by atoms with van der Waals surface area (Å²) in [7, 11) is 0. The summed E-state index contributed by atoms with van der Waals surface area (Å²) in [6.07, 6.45) is 2.21. The van der Waals surface area contributed by atoms with E-state index < -0.39 is 0 Å². The Kier molecular flexibility index (Phi) is 4.75. The second kappa shape index (κ2) is 6.94. The lowest BCUT2D eigenvalue weighted by molar-refractivity contribution is 0.0529. The van der Waals surface area contributed by atoms with Crippen LogP contribution in [0, 0.1) is 6.92 Å². The summed E-state index contributed by atoms with van der Waals surface area (Å²) < 4.78 is 11.1. The highest BCUT2D eigenvalue weighted by Crippen LogP contribution is 2.15. The average Bonchev–Trinajstić information content (AvgIpc) is 2.93. The molecule has 5 nitrogen and oxygen atoms in total. The Morgan fingerprint density at radius 1 is 1.27 bits per heavy atom. The van der Waals surface area contributed by atoms with E-state index in [4.69, 9.17) is 9.15 Å². The van der Waals surface area contributed by atoms with Crippen LogP contribution in [0.1, 0.15) is 24.0 Å². The van der Waals surface area contributed by atoms with Crippen LogP contribution in [0.15, 0.2) is 34.9 Å². The fourth-order valence-corrected chi connectivity index (χ4v) is 2.64. The maximum atomic E-state index is 5.56. The quantitative estimate of drug-likeness (QED) is 0.919. The zero-order valence-corrected chi connectivity index (χ0v) is 13.2. The molecule has 1 saturated heterocycles. The lowest BCUT2D eigenvalue weighted by atomic mass is 10.2. The molecule has 1 aliphatic rings. The molecule has 2 aromatic rings. The zero-order chi connectivity index (χ0) is 15.4. The first kappa shape index (κ1) is 15.1. The van der Waals surface area contributed by atoms with Gasteiger partial charge in [0, 0.05) is 25.8 Å². The van der Waals surface area contributed by atoms with Gasteiger partial charge in [-0.05, 0) is 37.6 Å². The van der Waals surface area contributed by atoms with Crippen LogP contribution in [0.3, 0.4) is 0 Å². The largest absolute Gasteiger partial charge is 0.465 e. The molecule has 0 radical (unpaired) electrons. The minimum atomic E-state index is 0.272. The highest BCUT2D eigenvalue weighted by Gasteiger charge is 2.17. The van der Waals surface area contributed by atoms with Crippen molar-refractivity contribution in [1.82, 2.24) is 10.3 Å². The molecule has 1 unspecified atom stereocenters. The van der Waals surface area contributed by atoms with Gasteiger partial charge in [-0.25, -0.2) is 4.98 Å². The van der Waals surface area contributed by atoms with Crippen LogP contribution in [-0.2, 0) is 17.8 Å². The first-order chi connectivity index (χ1) is 10.7. The molecule has 1 N–H and O–H groups in total. The summed E-state index contributed by atoms with van der Waals surface area (Å²) in [5.41, 5.74) is 1.17. The van der Waals surface area contributed by atoms with Gasteiger partial charge in [-0.3, -0.25) is 0 Å². The second-order valence-corrected chi connectivity index (χ2v) is 5.77. The number of aromatic nitrogens is 1. The van der Waals surface area contributed by atoms with Gasteiger partial charge in [0.2, 0.25) is 0 Å². The van der Waals surface area contributed by atoms with Crippen molar-refractivity contribution in [2.24, 2.45) is 0 Å². The lowest BCUT2D eigenvalue weighted by Crippen LogP contribution is -2.41. The summed E-state index contributed by atoms with van der Waals surface area (Å²) in [6, 6.07) is 8.20. The van der Waals surface area contributed by atoms with Crippen LogP contribution in [-0.4, -0.2) is 30.8 Å². The van der Waals surface area contributed by atoms with Crippen molar-refractivity contribution in [3.8, 4) is 0 Å². The Morgan fingerprint density at radius 2 is 2.18 bits per heavy atom. The maximum Gasteiger partial charge on any atom is 0.128 e. The Bertz CT molecular complexity index is 594. The molecule has 1 aliphatic heterocycles. The number of hydrogen-bond donors (Lipinski definition) is 1. The standard InChI is InChI=1S/C17H23N3O2/c1-13-3-5-16(22-13)11-18-9-15-4-6-17(19-10-15)20-7-8-21-14(2)12-20/h3-6,10,14,18H,7-9,11-12H2,1-2H3. The summed E-state index contributed by atoms with van der Waals surface area (Å²) >= 11 is 0. The van der Waals surface area contributed by atoms with Crippen LogP contribution in [0.25, 0.3) is 0 Å². The average molecular weight is 301 g/mol. The molecule has 0 aliphatic carbocycles. The summed E-state index contributed by atoms with van der Waals surface area (Å²) in [5.74, 6) is 2.94. The Morgan fingerprint density at radius 3 is 2.86 bits per heavy atom. The Labute approximate surface area is 131 Å². The SMILES string of the molecule is Cc1ccc(CNCc2ccc(N3CCOC(C)C3)nc2)o1. The minimum Gasteiger partial charge on any atom is -0.465 e. The number of hydrogen-bond acceptors (Lipinski definition) is 5. The van der Waals surface area contributed by atoms with Gasteiger partial charge in [-0.1, -0.05) is 6.07 Å². The molecule has 3 heterocycles. The van der Waals surface area contributed by atoms with Crippen molar-refractivity contribution in [2.75, 3.05) is 24.6 Å². The third kappa shape index (κ3) is 3.87. The van der Waals surface area contributed by atoms with Gasteiger partial charge in [0.1, 0.15) is 17.3 Å². The number of furan rings is 1. The molecule has 3 rings (SSSR count). The van der Waals surface area contributed by atoms with E-state index >= 15 is 0 Å². The molecule has 1 atom stereocenters. The minimum absolute atomic E-state index is 0.272. The van der Waals surface area contributed by atoms with E-state index in [1.165, 1.54) is 5.56 Å². The molecule has 1 fully saturated rings. The van der Waals surface area contributed by atoms with Gasteiger partial charge in [0.15, 0.2) is 0 Å². The summed E-state index contributed by atoms with van der Waals surface area (Å²) in [5, 5.41) is 3.37. The van der Waals surface area contributed by atoms with Gasteiger partial charge >= 0.3 is 0 Å². The molecule has 0 bridgehead atoms. The van der Waals surface area contributed by atoms with Gasteiger partial charge in [-0.2, -0.15) is 0 Å². The molecular formula is C17H23N3O2. The van der Waals surface area contributed by atoms with Crippen molar-refractivity contribution >= 4 is 5.82 Å². The monoisotopic (exact) mass is 301 g/mol. The Balaban J connectivity index is 1.50. The van der Waals surface area contributed by atoms with Gasteiger partial charge < -0.3 is 19.4 Å². The predicted molar refractivity (Wildman–Crippen MR) is 85.9 cm³/mol. The van der Waals surface area contributed by atoms with Crippen molar-refractivity contribution < 1.29 is 9.15 Å². The van der Waals surface area contributed by atoms with Crippen LogP contribution in [0.5, 0.6) is 0 Å². The molecule has 118 valence electrons. The third-order valence-electron chi connectivity index (χ3n) is 3.80. The van der Waals surface area contributed by atoms with Crippen molar-refractivity contribution in [1.29, 1.82) is 0 Å². The summed E-state index contributed by atoms with van der Waals surface area (Å²) in [4.78, 5) is 6.85.